The van der Waals surface area contributed by atoms with Crippen molar-refractivity contribution in [1.82, 2.24) is 0 Å². The van der Waals surface area contributed by atoms with E-state index in [1.54, 1.807) is 25.3 Å². The number of hydrogen-bond donors (Lipinski definition) is 0. The van der Waals surface area contributed by atoms with Gasteiger partial charge in [0.05, 0.1) is 12.7 Å². The standard InChI is InChI=1S/C18H19NO3/c1-13-4-5-14(2)17(10-13)21-8-9-22-18-11-16(20-3)7-6-15(18)12-19/h4-7,10-11H,8-9H2,1-3H3. The summed E-state index contributed by atoms with van der Waals surface area (Å²) in [6.07, 6.45) is 0. The van der Waals surface area contributed by atoms with Crippen LogP contribution in [0.15, 0.2) is 36.4 Å². The van der Waals surface area contributed by atoms with E-state index in [9.17, 15) is 0 Å². The Bertz CT molecular complexity index is 689. The van der Waals surface area contributed by atoms with Gasteiger partial charge in [0.2, 0.25) is 0 Å². The Morgan fingerprint density at radius 1 is 0.955 bits per heavy atom. The van der Waals surface area contributed by atoms with E-state index in [2.05, 4.69) is 6.07 Å². The van der Waals surface area contributed by atoms with Gasteiger partial charge in [0.15, 0.2) is 0 Å². The Morgan fingerprint density at radius 3 is 2.36 bits per heavy atom. The van der Waals surface area contributed by atoms with Gasteiger partial charge in [-0.25, -0.2) is 0 Å². The molecule has 0 N–H and O–H groups in total. The average Bonchev–Trinajstić information content (AvgIpc) is 2.54. The van der Waals surface area contributed by atoms with Crippen LogP contribution in [0.5, 0.6) is 17.2 Å². The van der Waals surface area contributed by atoms with E-state index in [-0.39, 0.29) is 0 Å². The third-order valence-corrected chi connectivity index (χ3v) is 3.25. The fourth-order valence-electron chi connectivity index (χ4n) is 2.01. The molecule has 0 radical (unpaired) electrons. The van der Waals surface area contributed by atoms with Gasteiger partial charge in [-0.05, 0) is 43.2 Å². The van der Waals surface area contributed by atoms with E-state index in [0.717, 1.165) is 16.9 Å². The van der Waals surface area contributed by atoms with E-state index < -0.39 is 0 Å². The smallest absolute Gasteiger partial charge is 0.140 e. The van der Waals surface area contributed by atoms with Gasteiger partial charge in [0.1, 0.15) is 36.5 Å². The van der Waals surface area contributed by atoms with Gasteiger partial charge in [-0.2, -0.15) is 5.26 Å². The minimum absolute atomic E-state index is 0.356. The van der Waals surface area contributed by atoms with Crippen molar-refractivity contribution in [1.29, 1.82) is 5.26 Å². The molecule has 2 aromatic carbocycles. The molecule has 0 aromatic heterocycles. The molecule has 0 saturated heterocycles. The molecule has 4 heteroatoms. The Balaban J connectivity index is 1.94. The molecule has 0 atom stereocenters. The van der Waals surface area contributed by atoms with E-state index in [1.165, 1.54) is 0 Å². The Labute approximate surface area is 130 Å². The van der Waals surface area contributed by atoms with Crippen LogP contribution in [-0.4, -0.2) is 20.3 Å². The van der Waals surface area contributed by atoms with Gasteiger partial charge in [-0.3, -0.25) is 0 Å². The van der Waals surface area contributed by atoms with Gasteiger partial charge in [-0.1, -0.05) is 12.1 Å². The summed E-state index contributed by atoms with van der Waals surface area (Å²) in [5.41, 5.74) is 2.72. The molecule has 0 aliphatic heterocycles. The number of nitriles is 1. The topological polar surface area (TPSA) is 51.5 Å². The lowest BCUT2D eigenvalue weighted by Gasteiger charge is -2.12. The minimum atomic E-state index is 0.356. The maximum absolute atomic E-state index is 9.08. The monoisotopic (exact) mass is 297 g/mol. The summed E-state index contributed by atoms with van der Waals surface area (Å²) in [7, 11) is 1.58. The molecule has 114 valence electrons. The van der Waals surface area contributed by atoms with Crippen LogP contribution in [-0.2, 0) is 0 Å². The number of ether oxygens (including phenoxy) is 3. The van der Waals surface area contributed by atoms with Crippen LogP contribution in [0.3, 0.4) is 0 Å². The molecule has 22 heavy (non-hydrogen) atoms. The van der Waals surface area contributed by atoms with Crippen LogP contribution in [0.4, 0.5) is 0 Å². The quantitative estimate of drug-likeness (QED) is 0.764. The first kappa shape index (κ1) is 15.7. The number of aryl methyl sites for hydroxylation is 2. The van der Waals surface area contributed by atoms with E-state index >= 15 is 0 Å². The molecule has 4 nitrogen and oxygen atoms in total. The average molecular weight is 297 g/mol. The Kier molecular flexibility index (Phi) is 5.26. The zero-order chi connectivity index (χ0) is 15.9. The largest absolute Gasteiger partial charge is 0.497 e. The van der Waals surface area contributed by atoms with E-state index in [1.807, 2.05) is 32.0 Å². The maximum atomic E-state index is 9.08. The van der Waals surface area contributed by atoms with Crippen molar-refractivity contribution in [2.75, 3.05) is 20.3 Å². The zero-order valence-electron chi connectivity index (χ0n) is 13.1. The fraction of sp³-hybridized carbons (Fsp3) is 0.278. The summed E-state index contributed by atoms with van der Waals surface area (Å²) in [4.78, 5) is 0. The highest BCUT2D eigenvalue weighted by molar-refractivity contribution is 5.47. The SMILES string of the molecule is COc1ccc(C#N)c(OCCOc2cc(C)ccc2C)c1. The lowest BCUT2D eigenvalue weighted by atomic mass is 10.1. The molecule has 0 aliphatic carbocycles. The van der Waals surface area contributed by atoms with Gasteiger partial charge in [-0.15, -0.1) is 0 Å². The van der Waals surface area contributed by atoms with Crippen molar-refractivity contribution < 1.29 is 14.2 Å². The highest BCUT2D eigenvalue weighted by Gasteiger charge is 2.06. The van der Waals surface area contributed by atoms with Crippen molar-refractivity contribution in [3.8, 4) is 23.3 Å². The molecule has 2 aromatic rings. The number of methoxy groups -OCH3 is 1. The summed E-state index contributed by atoms with van der Waals surface area (Å²) >= 11 is 0. The molecule has 0 amide bonds. The third-order valence-electron chi connectivity index (χ3n) is 3.25. The molecular weight excluding hydrogens is 278 g/mol. The van der Waals surface area contributed by atoms with Crippen LogP contribution in [0.1, 0.15) is 16.7 Å². The molecule has 0 fully saturated rings. The van der Waals surface area contributed by atoms with Crippen LogP contribution in [0, 0.1) is 25.2 Å². The maximum Gasteiger partial charge on any atom is 0.140 e. The number of rotatable bonds is 6. The van der Waals surface area contributed by atoms with Crippen molar-refractivity contribution in [3.63, 3.8) is 0 Å². The summed E-state index contributed by atoms with van der Waals surface area (Å²) < 4.78 is 16.5. The third kappa shape index (κ3) is 3.92. The van der Waals surface area contributed by atoms with Crippen LogP contribution in [0.25, 0.3) is 0 Å². The second-order valence-corrected chi connectivity index (χ2v) is 4.94. The molecule has 0 bridgehead atoms. The number of benzene rings is 2. The van der Waals surface area contributed by atoms with Gasteiger partial charge in [0, 0.05) is 6.07 Å². The number of nitrogens with zero attached hydrogens (tertiary/aromatic N) is 1. The predicted molar refractivity (Wildman–Crippen MR) is 84.6 cm³/mol. The van der Waals surface area contributed by atoms with Crippen LogP contribution in [0.2, 0.25) is 0 Å². The van der Waals surface area contributed by atoms with Gasteiger partial charge < -0.3 is 14.2 Å². The number of hydrogen-bond acceptors (Lipinski definition) is 4. The fourth-order valence-corrected chi connectivity index (χ4v) is 2.01. The van der Waals surface area contributed by atoms with E-state index in [0.29, 0.717) is 30.3 Å². The van der Waals surface area contributed by atoms with Crippen LogP contribution < -0.4 is 14.2 Å². The molecular formula is C18H19NO3. The summed E-state index contributed by atoms with van der Waals surface area (Å²) in [6.45, 7) is 4.80. The lowest BCUT2D eigenvalue weighted by molar-refractivity contribution is 0.215. The van der Waals surface area contributed by atoms with Crippen LogP contribution >= 0.6 is 0 Å². The zero-order valence-corrected chi connectivity index (χ0v) is 13.1. The van der Waals surface area contributed by atoms with E-state index in [4.69, 9.17) is 19.5 Å². The predicted octanol–water partition coefficient (Wildman–Crippen LogP) is 3.64. The van der Waals surface area contributed by atoms with Gasteiger partial charge in [0.25, 0.3) is 0 Å². The Hall–Kier alpha value is -2.67. The van der Waals surface area contributed by atoms with Crippen molar-refractivity contribution >= 4 is 0 Å². The van der Waals surface area contributed by atoms with Crippen molar-refractivity contribution in [2.24, 2.45) is 0 Å². The summed E-state index contributed by atoms with van der Waals surface area (Å²) in [5.74, 6) is 2.02. The molecule has 0 unspecified atom stereocenters. The molecule has 2 rings (SSSR count). The lowest BCUT2D eigenvalue weighted by Crippen LogP contribution is -2.10. The molecule has 0 spiro atoms. The Morgan fingerprint density at radius 2 is 1.68 bits per heavy atom. The van der Waals surface area contributed by atoms with Gasteiger partial charge >= 0.3 is 0 Å². The molecule has 0 saturated carbocycles. The second-order valence-electron chi connectivity index (χ2n) is 4.94. The first-order valence-corrected chi connectivity index (χ1v) is 7.05. The summed E-state index contributed by atoms with van der Waals surface area (Å²) in [5, 5.41) is 9.08. The first-order chi connectivity index (χ1) is 10.6. The summed E-state index contributed by atoms with van der Waals surface area (Å²) in [6, 6.07) is 13.3. The normalized spacial score (nSPS) is 9.91. The highest BCUT2D eigenvalue weighted by Crippen LogP contribution is 2.24. The minimum Gasteiger partial charge on any atom is -0.497 e. The highest BCUT2D eigenvalue weighted by atomic mass is 16.5. The second kappa shape index (κ2) is 7.37. The first-order valence-electron chi connectivity index (χ1n) is 7.05. The van der Waals surface area contributed by atoms with Crippen molar-refractivity contribution in [3.05, 3.63) is 53.1 Å². The molecule has 0 heterocycles. The molecule has 0 aliphatic rings. The van der Waals surface area contributed by atoms with Crippen molar-refractivity contribution in [2.45, 2.75) is 13.8 Å².